The second-order valence-electron chi connectivity index (χ2n) is 3.94. The van der Waals surface area contributed by atoms with Crippen LogP contribution >= 0.6 is 0 Å². The molecule has 0 fully saturated rings. The number of amides is 1. The number of carbonyl (C=O) groups is 1. The van der Waals surface area contributed by atoms with Crippen LogP contribution in [0.2, 0.25) is 0 Å². The Bertz CT molecular complexity index is 546. The van der Waals surface area contributed by atoms with Gasteiger partial charge in [-0.2, -0.15) is 0 Å². The molecule has 10 heteroatoms. The summed E-state index contributed by atoms with van der Waals surface area (Å²) in [6.45, 7) is 2.82. The van der Waals surface area contributed by atoms with E-state index in [4.69, 9.17) is 4.74 Å². The van der Waals surface area contributed by atoms with Crippen molar-refractivity contribution in [1.29, 1.82) is 0 Å². The van der Waals surface area contributed by atoms with E-state index in [1.54, 1.807) is 0 Å². The molecule has 1 aromatic heterocycles. The molecule has 1 rings (SSSR count). The van der Waals surface area contributed by atoms with Crippen LogP contribution in [0.3, 0.4) is 0 Å². The van der Waals surface area contributed by atoms with Crippen LogP contribution in [0.15, 0.2) is 17.3 Å². The minimum Gasteiger partial charge on any atom is -0.383 e. The van der Waals surface area contributed by atoms with Gasteiger partial charge in [0.2, 0.25) is 21.9 Å². The fourth-order valence-corrected chi connectivity index (χ4v) is 2.17. The Morgan fingerprint density at radius 3 is 2.57 bits per heavy atom. The average Bonchev–Trinajstić information content (AvgIpc) is 2.46. The maximum absolute atomic E-state index is 11.9. The van der Waals surface area contributed by atoms with Gasteiger partial charge >= 0.3 is 0 Å². The first kappa shape index (κ1) is 17.3. The summed E-state index contributed by atoms with van der Waals surface area (Å²) in [5, 5.41) is 5.35. The molecule has 0 bridgehead atoms. The van der Waals surface area contributed by atoms with E-state index in [0.29, 0.717) is 25.6 Å². The summed E-state index contributed by atoms with van der Waals surface area (Å²) in [6.07, 6.45) is 2.35. The molecule has 0 radical (unpaired) electrons. The third-order valence-corrected chi connectivity index (χ3v) is 3.68. The van der Waals surface area contributed by atoms with Crippen molar-refractivity contribution in [3.8, 4) is 0 Å². The first-order valence-corrected chi connectivity index (χ1v) is 7.79. The Morgan fingerprint density at radius 1 is 1.33 bits per heavy atom. The van der Waals surface area contributed by atoms with Crippen molar-refractivity contribution in [1.82, 2.24) is 20.0 Å². The Labute approximate surface area is 123 Å². The number of methoxy groups -OCH3 is 1. The lowest BCUT2D eigenvalue weighted by molar-refractivity contribution is -0.120. The number of hydrogen-bond acceptors (Lipinski definition) is 7. The summed E-state index contributed by atoms with van der Waals surface area (Å²) in [7, 11) is -2.31. The van der Waals surface area contributed by atoms with Gasteiger partial charge in [-0.05, 0) is 6.92 Å². The first-order chi connectivity index (χ1) is 9.99. The number of anilines is 1. The monoisotopic (exact) mass is 317 g/mol. The van der Waals surface area contributed by atoms with Crippen molar-refractivity contribution in [3.63, 3.8) is 0 Å². The molecular weight excluding hydrogens is 298 g/mol. The summed E-state index contributed by atoms with van der Waals surface area (Å²) < 4.78 is 30.8. The molecule has 118 valence electrons. The van der Waals surface area contributed by atoms with E-state index in [0.717, 1.165) is 0 Å². The van der Waals surface area contributed by atoms with Crippen molar-refractivity contribution < 1.29 is 17.9 Å². The smallest absolute Gasteiger partial charge is 0.244 e. The molecule has 0 aliphatic heterocycles. The quantitative estimate of drug-likeness (QED) is 0.497. The van der Waals surface area contributed by atoms with Gasteiger partial charge in [0.05, 0.1) is 25.5 Å². The minimum absolute atomic E-state index is 0.103. The van der Waals surface area contributed by atoms with Crippen LogP contribution in [-0.4, -0.2) is 57.6 Å². The van der Waals surface area contributed by atoms with Crippen LogP contribution in [0.4, 0.5) is 5.95 Å². The predicted octanol–water partition coefficient (Wildman–Crippen LogP) is -1.05. The first-order valence-electron chi connectivity index (χ1n) is 6.30. The summed E-state index contributed by atoms with van der Waals surface area (Å²) in [4.78, 5) is 19.0. The second kappa shape index (κ2) is 8.49. The lowest BCUT2D eigenvalue weighted by atomic mass is 10.6. The van der Waals surface area contributed by atoms with Crippen LogP contribution in [0.5, 0.6) is 0 Å². The van der Waals surface area contributed by atoms with Crippen LogP contribution in [0, 0.1) is 0 Å². The highest BCUT2D eigenvalue weighted by molar-refractivity contribution is 7.89. The molecule has 0 aliphatic carbocycles. The van der Waals surface area contributed by atoms with E-state index < -0.39 is 15.9 Å². The largest absolute Gasteiger partial charge is 0.383 e. The molecule has 1 amide bonds. The lowest BCUT2D eigenvalue weighted by Crippen LogP contribution is -2.38. The van der Waals surface area contributed by atoms with E-state index in [-0.39, 0.29) is 11.4 Å². The number of sulfonamides is 1. The number of hydrogen-bond donors (Lipinski definition) is 3. The van der Waals surface area contributed by atoms with E-state index >= 15 is 0 Å². The highest BCUT2D eigenvalue weighted by atomic mass is 32.2. The van der Waals surface area contributed by atoms with Crippen molar-refractivity contribution in [2.75, 3.05) is 38.7 Å². The molecule has 0 saturated carbocycles. The molecule has 0 saturated heterocycles. The molecule has 0 unspecified atom stereocenters. The van der Waals surface area contributed by atoms with Gasteiger partial charge in [-0.15, -0.1) is 0 Å². The SMILES string of the molecule is CCNc1ncc(S(=O)(=O)NCC(=O)NCCOC)cn1. The molecule has 21 heavy (non-hydrogen) atoms. The van der Waals surface area contributed by atoms with Gasteiger partial charge in [0.15, 0.2) is 0 Å². The molecule has 0 spiro atoms. The van der Waals surface area contributed by atoms with Crippen LogP contribution in [-0.2, 0) is 19.6 Å². The molecule has 0 atom stereocenters. The fourth-order valence-electron chi connectivity index (χ4n) is 1.30. The van der Waals surface area contributed by atoms with E-state index in [9.17, 15) is 13.2 Å². The third-order valence-electron chi connectivity index (χ3n) is 2.32. The normalized spacial score (nSPS) is 11.1. The Morgan fingerprint density at radius 2 is 2.00 bits per heavy atom. The zero-order valence-corrected chi connectivity index (χ0v) is 12.7. The lowest BCUT2D eigenvalue weighted by Gasteiger charge is -2.07. The van der Waals surface area contributed by atoms with Gasteiger partial charge in [-0.3, -0.25) is 4.79 Å². The number of nitrogens with zero attached hydrogens (tertiary/aromatic N) is 2. The molecule has 3 N–H and O–H groups in total. The molecular formula is C11H19N5O4S. The summed E-state index contributed by atoms with van der Waals surface area (Å²) in [6, 6.07) is 0. The average molecular weight is 317 g/mol. The van der Waals surface area contributed by atoms with Gasteiger partial charge in [0.25, 0.3) is 0 Å². The zero-order chi connectivity index (χ0) is 15.7. The summed E-state index contributed by atoms with van der Waals surface area (Å²) in [5.74, 6) is -0.102. The van der Waals surface area contributed by atoms with E-state index in [1.165, 1.54) is 19.5 Å². The predicted molar refractivity (Wildman–Crippen MR) is 76.3 cm³/mol. The highest BCUT2D eigenvalue weighted by Crippen LogP contribution is 2.06. The molecule has 0 aromatic carbocycles. The molecule has 0 aliphatic rings. The molecule has 1 heterocycles. The topological polar surface area (TPSA) is 122 Å². The number of carbonyl (C=O) groups excluding carboxylic acids is 1. The number of nitrogens with one attached hydrogen (secondary N) is 3. The summed E-state index contributed by atoms with van der Waals surface area (Å²) in [5.41, 5.74) is 0. The highest BCUT2D eigenvalue weighted by Gasteiger charge is 2.16. The van der Waals surface area contributed by atoms with Crippen LogP contribution in [0.25, 0.3) is 0 Å². The second-order valence-corrected chi connectivity index (χ2v) is 5.71. The van der Waals surface area contributed by atoms with Crippen molar-refractivity contribution in [2.45, 2.75) is 11.8 Å². The van der Waals surface area contributed by atoms with Gasteiger partial charge in [-0.1, -0.05) is 0 Å². The Balaban J connectivity index is 2.54. The van der Waals surface area contributed by atoms with Crippen LogP contribution < -0.4 is 15.4 Å². The Hall–Kier alpha value is -1.78. The van der Waals surface area contributed by atoms with E-state index in [2.05, 4.69) is 25.3 Å². The number of rotatable bonds is 9. The minimum atomic E-state index is -3.81. The zero-order valence-electron chi connectivity index (χ0n) is 11.9. The van der Waals surface area contributed by atoms with Crippen molar-refractivity contribution in [3.05, 3.63) is 12.4 Å². The van der Waals surface area contributed by atoms with Gasteiger partial charge in [0.1, 0.15) is 4.90 Å². The van der Waals surface area contributed by atoms with Gasteiger partial charge in [0, 0.05) is 20.2 Å². The third kappa shape index (κ3) is 6.02. The number of aromatic nitrogens is 2. The number of ether oxygens (including phenoxy) is 1. The van der Waals surface area contributed by atoms with Crippen molar-refractivity contribution >= 4 is 21.9 Å². The summed E-state index contributed by atoms with van der Waals surface area (Å²) >= 11 is 0. The Kier molecular flexibility index (Phi) is 6.99. The van der Waals surface area contributed by atoms with E-state index in [1.807, 2.05) is 6.92 Å². The maximum atomic E-state index is 11.9. The van der Waals surface area contributed by atoms with Crippen molar-refractivity contribution in [2.24, 2.45) is 0 Å². The molecule has 1 aromatic rings. The maximum Gasteiger partial charge on any atom is 0.244 e. The van der Waals surface area contributed by atoms with Gasteiger partial charge < -0.3 is 15.4 Å². The molecule has 9 nitrogen and oxygen atoms in total. The van der Waals surface area contributed by atoms with Crippen LogP contribution in [0.1, 0.15) is 6.92 Å². The van der Waals surface area contributed by atoms with Gasteiger partial charge in [-0.25, -0.2) is 23.1 Å². The standard InChI is InChI=1S/C11H19N5O4S/c1-3-12-11-14-6-9(7-15-11)21(18,19)16-8-10(17)13-4-5-20-2/h6-7,16H,3-5,8H2,1-2H3,(H,13,17)(H,12,14,15). The fraction of sp³-hybridized carbons (Fsp3) is 0.545.